The monoisotopic (exact) mass is 457 g/mol. The molecule has 2 N–H and O–H groups in total. The molecule has 0 aromatic heterocycles. The number of nitrogens with one attached hydrogen (secondary N) is 1. The number of amides is 1. The van der Waals surface area contributed by atoms with E-state index in [1.807, 2.05) is 30.3 Å². The average molecular weight is 458 g/mol. The van der Waals surface area contributed by atoms with Crippen molar-refractivity contribution in [3.8, 4) is 0 Å². The van der Waals surface area contributed by atoms with Gasteiger partial charge in [-0.05, 0) is 23.3 Å². The third-order valence-electron chi connectivity index (χ3n) is 6.32. The zero-order valence-electron chi connectivity index (χ0n) is 19.2. The largest absolute Gasteiger partial charge is 0.481 e. The number of carboxylic acid groups (broad SMARTS) is 1. The number of piperazine rings is 1. The van der Waals surface area contributed by atoms with Gasteiger partial charge in [0.2, 0.25) is 5.91 Å². The summed E-state index contributed by atoms with van der Waals surface area (Å²) in [4.78, 5) is 28.9. The molecular weight excluding hydrogens is 426 g/mol. The quantitative estimate of drug-likeness (QED) is 0.506. The van der Waals surface area contributed by atoms with Crippen LogP contribution in [0.3, 0.4) is 0 Å². The van der Waals surface area contributed by atoms with Crippen molar-refractivity contribution in [2.75, 3.05) is 38.0 Å². The molecule has 1 aliphatic rings. The first-order chi connectivity index (χ1) is 16.6. The molecule has 0 aliphatic carbocycles. The number of carbonyl (C=O) groups excluding carboxylic acids is 1. The van der Waals surface area contributed by atoms with Gasteiger partial charge in [-0.25, -0.2) is 0 Å². The third kappa shape index (κ3) is 6.31. The summed E-state index contributed by atoms with van der Waals surface area (Å²) in [5, 5.41) is 12.5. The van der Waals surface area contributed by atoms with Crippen LogP contribution in [0.25, 0.3) is 0 Å². The topological polar surface area (TPSA) is 72.9 Å². The average Bonchev–Trinajstić information content (AvgIpc) is 2.87. The molecule has 1 saturated heterocycles. The minimum atomic E-state index is -0.933. The van der Waals surface area contributed by atoms with Gasteiger partial charge in [0.1, 0.15) is 0 Å². The second-order valence-electron chi connectivity index (χ2n) is 8.71. The summed E-state index contributed by atoms with van der Waals surface area (Å²) in [5.41, 5.74) is 3.18. The van der Waals surface area contributed by atoms with Crippen LogP contribution in [0, 0.1) is 5.92 Å². The highest BCUT2D eigenvalue weighted by molar-refractivity contribution is 5.93. The second kappa shape index (κ2) is 11.6. The molecule has 1 fully saturated rings. The van der Waals surface area contributed by atoms with Crippen LogP contribution in [0.1, 0.15) is 23.6 Å². The minimum absolute atomic E-state index is 0.0406. The molecule has 6 nitrogen and oxygen atoms in total. The summed E-state index contributed by atoms with van der Waals surface area (Å²) in [6, 6.07) is 30.3. The number of para-hydroxylation sites is 1. The summed E-state index contributed by atoms with van der Waals surface area (Å²) in [6.45, 7) is 3.56. The molecule has 0 unspecified atom stereocenters. The lowest BCUT2D eigenvalue weighted by atomic mass is 9.96. The molecule has 3 aromatic rings. The maximum absolute atomic E-state index is 12.4. The predicted molar refractivity (Wildman–Crippen MR) is 134 cm³/mol. The van der Waals surface area contributed by atoms with Gasteiger partial charge in [0.05, 0.1) is 12.0 Å². The molecule has 0 spiro atoms. The van der Waals surface area contributed by atoms with Gasteiger partial charge in [-0.15, -0.1) is 0 Å². The zero-order chi connectivity index (χ0) is 23.8. The molecule has 0 radical (unpaired) electrons. The van der Waals surface area contributed by atoms with E-state index >= 15 is 0 Å². The molecule has 1 heterocycles. The highest BCUT2D eigenvalue weighted by atomic mass is 16.4. The Labute approximate surface area is 200 Å². The van der Waals surface area contributed by atoms with Crippen molar-refractivity contribution in [2.24, 2.45) is 5.92 Å². The molecule has 1 amide bonds. The molecule has 176 valence electrons. The molecule has 6 heteroatoms. The summed E-state index contributed by atoms with van der Waals surface area (Å²) in [7, 11) is 0. The number of anilines is 1. The lowest BCUT2D eigenvalue weighted by molar-refractivity contribution is -0.144. The predicted octanol–water partition coefficient (Wildman–Crippen LogP) is 4.12. The number of carbonyl (C=O) groups is 2. The van der Waals surface area contributed by atoms with E-state index in [0.29, 0.717) is 12.2 Å². The van der Waals surface area contributed by atoms with Crippen molar-refractivity contribution in [1.82, 2.24) is 9.80 Å². The van der Waals surface area contributed by atoms with Gasteiger partial charge >= 0.3 is 5.97 Å². The first-order valence-electron chi connectivity index (χ1n) is 11.7. The fourth-order valence-electron chi connectivity index (χ4n) is 4.59. The van der Waals surface area contributed by atoms with E-state index in [1.54, 1.807) is 12.1 Å². The Morgan fingerprint density at radius 3 is 1.76 bits per heavy atom. The van der Waals surface area contributed by atoms with Gasteiger partial charge in [-0.2, -0.15) is 0 Å². The van der Waals surface area contributed by atoms with Crippen LogP contribution in [-0.4, -0.2) is 59.5 Å². The van der Waals surface area contributed by atoms with E-state index < -0.39 is 11.9 Å². The fourth-order valence-corrected chi connectivity index (χ4v) is 4.59. The third-order valence-corrected chi connectivity index (χ3v) is 6.32. The number of hydrogen-bond donors (Lipinski definition) is 2. The van der Waals surface area contributed by atoms with Crippen LogP contribution in [0.4, 0.5) is 5.69 Å². The van der Waals surface area contributed by atoms with E-state index in [-0.39, 0.29) is 18.4 Å². The summed E-state index contributed by atoms with van der Waals surface area (Å²) in [5.74, 6) is -1.95. The van der Waals surface area contributed by atoms with Crippen molar-refractivity contribution in [2.45, 2.75) is 12.5 Å². The van der Waals surface area contributed by atoms with E-state index in [0.717, 1.165) is 26.2 Å². The van der Waals surface area contributed by atoms with Gasteiger partial charge in [-0.1, -0.05) is 78.9 Å². The number of nitrogens with zero attached hydrogens (tertiary/aromatic N) is 2. The van der Waals surface area contributed by atoms with Crippen LogP contribution in [0.15, 0.2) is 91.0 Å². The Balaban J connectivity index is 1.36. The van der Waals surface area contributed by atoms with Gasteiger partial charge in [-0.3, -0.25) is 19.4 Å². The Hall–Kier alpha value is -3.48. The highest BCUT2D eigenvalue weighted by Gasteiger charge is 2.29. The first kappa shape index (κ1) is 23.7. The number of aliphatic carboxylic acids is 1. The number of carboxylic acids is 1. The van der Waals surface area contributed by atoms with Crippen LogP contribution in [-0.2, 0) is 9.59 Å². The van der Waals surface area contributed by atoms with Gasteiger partial charge in [0.25, 0.3) is 0 Å². The standard InChI is InChI=1S/C28H31N3O3/c32-26(29-25-14-8-3-9-15-25)20-24(28(33)34)21-30-16-18-31(19-17-30)27(22-10-4-1-5-11-22)23-12-6-2-7-13-23/h1-15,24,27H,16-21H2,(H,29,32)(H,33,34)/t24-/m1/s1. The van der Waals surface area contributed by atoms with Crippen molar-refractivity contribution < 1.29 is 14.7 Å². The van der Waals surface area contributed by atoms with Crippen molar-refractivity contribution >= 4 is 17.6 Å². The summed E-state index contributed by atoms with van der Waals surface area (Å²) < 4.78 is 0. The lowest BCUT2D eigenvalue weighted by Crippen LogP contribution is -2.49. The van der Waals surface area contributed by atoms with E-state index in [2.05, 4.69) is 63.6 Å². The maximum Gasteiger partial charge on any atom is 0.308 e. The van der Waals surface area contributed by atoms with Crippen molar-refractivity contribution in [1.29, 1.82) is 0 Å². The Morgan fingerprint density at radius 2 is 1.26 bits per heavy atom. The molecule has 0 saturated carbocycles. The maximum atomic E-state index is 12.4. The van der Waals surface area contributed by atoms with Crippen LogP contribution < -0.4 is 5.32 Å². The SMILES string of the molecule is O=C(C[C@H](CN1CCN(C(c2ccccc2)c2ccccc2)CC1)C(=O)O)Nc1ccccc1. The number of hydrogen-bond acceptors (Lipinski definition) is 4. The second-order valence-corrected chi connectivity index (χ2v) is 8.71. The molecule has 3 aromatic carbocycles. The fraction of sp³-hybridized carbons (Fsp3) is 0.286. The van der Waals surface area contributed by atoms with Gasteiger partial charge in [0, 0.05) is 44.8 Å². The van der Waals surface area contributed by atoms with Crippen LogP contribution in [0.2, 0.25) is 0 Å². The molecule has 1 atom stereocenters. The van der Waals surface area contributed by atoms with Gasteiger partial charge in [0.15, 0.2) is 0 Å². The Bertz CT molecular complexity index is 1010. The molecule has 34 heavy (non-hydrogen) atoms. The Kier molecular flexibility index (Phi) is 8.07. The van der Waals surface area contributed by atoms with Gasteiger partial charge < -0.3 is 10.4 Å². The normalized spacial score (nSPS) is 15.7. The van der Waals surface area contributed by atoms with E-state index in [9.17, 15) is 14.7 Å². The smallest absolute Gasteiger partial charge is 0.308 e. The van der Waals surface area contributed by atoms with Crippen molar-refractivity contribution in [3.63, 3.8) is 0 Å². The molecular formula is C28H31N3O3. The molecule has 4 rings (SSSR count). The summed E-state index contributed by atoms with van der Waals surface area (Å²) >= 11 is 0. The van der Waals surface area contributed by atoms with Crippen LogP contribution >= 0.6 is 0 Å². The Morgan fingerprint density at radius 1 is 0.765 bits per heavy atom. The van der Waals surface area contributed by atoms with E-state index in [4.69, 9.17) is 0 Å². The number of benzene rings is 3. The zero-order valence-corrected chi connectivity index (χ0v) is 19.2. The molecule has 1 aliphatic heterocycles. The van der Waals surface area contributed by atoms with Crippen molar-refractivity contribution in [3.05, 3.63) is 102 Å². The lowest BCUT2D eigenvalue weighted by Gasteiger charge is -2.40. The minimum Gasteiger partial charge on any atom is -0.481 e. The van der Waals surface area contributed by atoms with E-state index in [1.165, 1.54) is 11.1 Å². The van der Waals surface area contributed by atoms with Crippen LogP contribution in [0.5, 0.6) is 0 Å². The molecule has 0 bridgehead atoms. The summed E-state index contributed by atoms with van der Waals surface area (Å²) in [6.07, 6.45) is -0.0406. The highest BCUT2D eigenvalue weighted by Crippen LogP contribution is 2.29. The first-order valence-corrected chi connectivity index (χ1v) is 11.7. The number of rotatable bonds is 9.